The van der Waals surface area contributed by atoms with Gasteiger partial charge < -0.3 is 15.1 Å². The lowest BCUT2D eigenvalue weighted by molar-refractivity contribution is 0.0764. The first-order valence-corrected chi connectivity index (χ1v) is 7.99. The molecule has 1 heterocycles. The first kappa shape index (κ1) is 17.5. The molecule has 0 aliphatic heterocycles. The summed E-state index contributed by atoms with van der Waals surface area (Å²) in [6.45, 7) is 1.29. The van der Waals surface area contributed by atoms with Crippen LogP contribution in [-0.4, -0.2) is 30.7 Å². The van der Waals surface area contributed by atoms with Crippen LogP contribution in [0.2, 0.25) is 5.02 Å². The third-order valence-electron chi connectivity index (χ3n) is 2.54. The number of nitrogens with one attached hydrogen (secondary N) is 1. The van der Waals surface area contributed by atoms with Gasteiger partial charge in [-0.1, -0.05) is 11.6 Å². The molecule has 2 aromatic rings. The van der Waals surface area contributed by atoms with Crippen molar-refractivity contribution in [3.05, 3.63) is 40.9 Å². The number of carbonyl (C=O) groups is 1. The predicted octanol–water partition coefficient (Wildman–Crippen LogP) is 1.95. The molecule has 1 amide bonds. The number of phosphoric acid groups is 1. The van der Waals surface area contributed by atoms with Crippen molar-refractivity contribution in [3.8, 4) is 0 Å². The maximum atomic E-state index is 12.9. The second-order valence-corrected chi connectivity index (χ2v) is 5.92. The lowest BCUT2D eigenvalue weighted by atomic mass is 10.3. The number of phosphoric ester groups is 1. The molecule has 0 radical (unpaired) electrons. The standard InChI is InChI=1S/C11H11ClFN4O5P/c1-6(22-23(19,20)21)17-14-5-10(16-17)11(18)15-9-3-2-7(13)4-8(9)12/h2-6H,1H3,(H,15,18)(H2,19,20,21). The van der Waals surface area contributed by atoms with Gasteiger partial charge in [0.2, 0.25) is 0 Å². The summed E-state index contributed by atoms with van der Waals surface area (Å²) >= 11 is 5.79. The summed E-state index contributed by atoms with van der Waals surface area (Å²) in [6.07, 6.45) is -0.112. The molecule has 9 nitrogen and oxygen atoms in total. The zero-order valence-electron chi connectivity index (χ0n) is 11.6. The molecular weight excluding hydrogens is 354 g/mol. The molecule has 12 heteroatoms. The van der Waals surface area contributed by atoms with Gasteiger partial charge in [0.05, 0.1) is 16.9 Å². The Kier molecular flexibility index (Phi) is 5.12. The van der Waals surface area contributed by atoms with E-state index in [2.05, 4.69) is 20.0 Å². The first-order valence-electron chi connectivity index (χ1n) is 6.08. The van der Waals surface area contributed by atoms with Gasteiger partial charge in [-0.3, -0.25) is 9.32 Å². The number of amides is 1. The van der Waals surface area contributed by atoms with E-state index in [1.807, 2.05) is 0 Å². The third kappa shape index (κ3) is 4.81. The molecule has 0 saturated carbocycles. The van der Waals surface area contributed by atoms with Crippen molar-refractivity contribution in [3.63, 3.8) is 0 Å². The Balaban J connectivity index is 2.10. The highest BCUT2D eigenvalue weighted by Gasteiger charge is 2.22. The van der Waals surface area contributed by atoms with Gasteiger partial charge in [-0.25, -0.2) is 8.96 Å². The summed E-state index contributed by atoms with van der Waals surface area (Å²) in [5.74, 6) is -1.24. The van der Waals surface area contributed by atoms with Crippen molar-refractivity contribution < 1.29 is 28.1 Å². The van der Waals surface area contributed by atoms with Gasteiger partial charge >= 0.3 is 7.82 Å². The molecule has 2 rings (SSSR count). The fourth-order valence-electron chi connectivity index (χ4n) is 1.57. The fraction of sp³-hybridized carbons (Fsp3) is 0.182. The smallest absolute Gasteiger partial charge is 0.319 e. The van der Waals surface area contributed by atoms with Crippen molar-refractivity contribution in [2.75, 3.05) is 5.32 Å². The summed E-state index contributed by atoms with van der Waals surface area (Å²) in [5, 5.41) is 9.84. The molecule has 1 unspecified atom stereocenters. The van der Waals surface area contributed by atoms with Crippen LogP contribution in [0, 0.1) is 5.82 Å². The second-order valence-electron chi connectivity index (χ2n) is 4.32. The van der Waals surface area contributed by atoms with Crippen LogP contribution in [0.15, 0.2) is 24.4 Å². The van der Waals surface area contributed by atoms with E-state index in [4.69, 9.17) is 21.4 Å². The number of halogens is 2. The van der Waals surface area contributed by atoms with Gasteiger partial charge in [-0.15, -0.1) is 5.10 Å². The van der Waals surface area contributed by atoms with Crippen LogP contribution < -0.4 is 5.32 Å². The number of nitrogens with zero attached hydrogens (tertiary/aromatic N) is 3. The first-order chi connectivity index (χ1) is 10.7. The lowest BCUT2D eigenvalue weighted by Gasteiger charge is -2.12. The maximum Gasteiger partial charge on any atom is 0.471 e. The molecule has 0 aliphatic rings. The van der Waals surface area contributed by atoms with Gasteiger partial charge in [-0.05, 0) is 25.1 Å². The summed E-state index contributed by atoms with van der Waals surface area (Å²) in [4.78, 5) is 30.2. The van der Waals surface area contributed by atoms with Crippen LogP contribution in [-0.2, 0) is 9.09 Å². The Labute approximate surface area is 134 Å². The Morgan fingerprint density at radius 1 is 1.52 bits per heavy atom. The minimum atomic E-state index is -4.72. The molecule has 124 valence electrons. The number of hydrogen-bond acceptors (Lipinski definition) is 5. The van der Waals surface area contributed by atoms with Gasteiger partial charge in [0.25, 0.3) is 5.91 Å². The van der Waals surface area contributed by atoms with Gasteiger partial charge in [0.15, 0.2) is 11.9 Å². The van der Waals surface area contributed by atoms with Crippen LogP contribution in [0.25, 0.3) is 0 Å². The van der Waals surface area contributed by atoms with Crippen molar-refractivity contribution >= 4 is 31.0 Å². The third-order valence-corrected chi connectivity index (χ3v) is 3.43. The molecule has 1 atom stereocenters. The van der Waals surface area contributed by atoms with Crippen molar-refractivity contribution in [2.45, 2.75) is 13.2 Å². The fourth-order valence-corrected chi connectivity index (χ4v) is 2.27. The van der Waals surface area contributed by atoms with E-state index in [1.54, 1.807) is 0 Å². The van der Waals surface area contributed by atoms with Crippen molar-refractivity contribution in [1.29, 1.82) is 0 Å². The summed E-state index contributed by atoms with van der Waals surface area (Å²) in [6, 6.07) is 3.43. The van der Waals surface area contributed by atoms with Crippen LogP contribution in [0.5, 0.6) is 0 Å². The van der Waals surface area contributed by atoms with Crippen molar-refractivity contribution in [1.82, 2.24) is 15.0 Å². The molecule has 1 aromatic carbocycles. The van der Waals surface area contributed by atoms with Crippen molar-refractivity contribution in [2.24, 2.45) is 0 Å². The highest BCUT2D eigenvalue weighted by molar-refractivity contribution is 7.46. The van der Waals surface area contributed by atoms with Gasteiger partial charge in [0, 0.05) is 0 Å². The molecule has 23 heavy (non-hydrogen) atoms. The Morgan fingerprint density at radius 2 is 2.22 bits per heavy atom. The van der Waals surface area contributed by atoms with Gasteiger partial charge in [-0.2, -0.15) is 9.90 Å². The topological polar surface area (TPSA) is 127 Å². The number of rotatable bonds is 5. The molecule has 0 bridgehead atoms. The Morgan fingerprint density at radius 3 is 2.83 bits per heavy atom. The lowest BCUT2D eigenvalue weighted by Crippen LogP contribution is -2.15. The van der Waals surface area contributed by atoms with Crippen LogP contribution in [0.4, 0.5) is 10.1 Å². The van der Waals surface area contributed by atoms with Gasteiger partial charge in [0.1, 0.15) is 5.82 Å². The number of aromatic nitrogens is 3. The molecule has 3 N–H and O–H groups in total. The average Bonchev–Trinajstić information content (AvgIpc) is 2.90. The molecule has 1 aromatic heterocycles. The van der Waals surface area contributed by atoms with Crippen LogP contribution in [0.1, 0.15) is 23.6 Å². The molecule has 0 aliphatic carbocycles. The SMILES string of the molecule is CC(OP(=O)(O)O)n1ncc(C(=O)Nc2ccc(F)cc2Cl)n1. The van der Waals surface area contributed by atoms with Crippen LogP contribution in [0.3, 0.4) is 0 Å². The highest BCUT2D eigenvalue weighted by Crippen LogP contribution is 2.39. The Hall–Kier alpha value is -1.84. The molecule has 0 saturated heterocycles. The number of carbonyl (C=O) groups excluding carboxylic acids is 1. The maximum absolute atomic E-state index is 12.9. The monoisotopic (exact) mass is 364 g/mol. The highest BCUT2D eigenvalue weighted by atomic mass is 35.5. The zero-order chi connectivity index (χ0) is 17.2. The van der Waals surface area contributed by atoms with E-state index in [1.165, 1.54) is 13.0 Å². The van der Waals surface area contributed by atoms with E-state index in [-0.39, 0.29) is 16.4 Å². The van der Waals surface area contributed by atoms with E-state index in [9.17, 15) is 13.8 Å². The van der Waals surface area contributed by atoms with E-state index < -0.39 is 25.8 Å². The minimum Gasteiger partial charge on any atom is -0.319 e. The molecule has 0 spiro atoms. The average molecular weight is 365 g/mol. The number of anilines is 1. The quantitative estimate of drug-likeness (QED) is 0.692. The van der Waals surface area contributed by atoms with E-state index in [0.717, 1.165) is 23.1 Å². The predicted molar refractivity (Wildman–Crippen MR) is 77.2 cm³/mol. The normalized spacial score (nSPS) is 12.9. The Bertz CT molecular complexity index is 780. The molecular formula is C11H11ClFN4O5P. The van der Waals surface area contributed by atoms with Crippen LogP contribution >= 0.6 is 19.4 Å². The zero-order valence-corrected chi connectivity index (χ0v) is 13.2. The number of hydrogen-bond donors (Lipinski definition) is 3. The second kappa shape index (κ2) is 6.73. The molecule has 0 fully saturated rings. The minimum absolute atomic E-state index is 0.00365. The summed E-state index contributed by atoms with van der Waals surface area (Å²) in [5.41, 5.74) is 0.0266. The summed E-state index contributed by atoms with van der Waals surface area (Å²) < 4.78 is 28.1. The summed E-state index contributed by atoms with van der Waals surface area (Å²) in [7, 11) is -4.72. The van der Waals surface area contributed by atoms with E-state index >= 15 is 0 Å². The number of benzene rings is 1. The van der Waals surface area contributed by atoms with E-state index in [0.29, 0.717) is 0 Å². The largest absolute Gasteiger partial charge is 0.471 e.